The normalized spacial score (nSPS) is 12.3. The molecule has 1 amide bonds. The van der Waals surface area contributed by atoms with Crippen molar-refractivity contribution in [1.82, 2.24) is 30.8 Å². The molecule has 0 aliphatic heterocycles. The molecule has 21 heavy (non-hydrogen) atoms. The topological polar surface area (TPSA) is 97.9 Å². The average molecular weight is 310 g/mol. The van der Waals surface area contributed by atoms with Crippen molar-refractivity contribution in [2.75, 3.05) is 13.6 Å². The van der Waals surface area contributed by atoms with Crippen LogP contribution in [0.15, 0.2) is 28.0 Å². The number of tetrazole rings is 1. The van der Waals surface area contributed by atoms with Gasteiger partial charge in [0.25, 0.3) is 0 Å². The van der Waals surface area contributed by atoms with E-state index in [1.165, 1.54) is 11.8 Å². The van der Waals surface area contributed by atoms with Gasteiger partial charge in [-0.3, -0.25) is 4.79 Å². The number of hydrogen-bond acceptors (Lipinski definition) is 7. The quantitative estimate of drug-likeness (QED) is 0.676. The van der Waals surface area contributed by atoms with E-state index in [2.05, 4.69) is 26.2 Å². The Morgan fingerprint density at radius 1 is 1.57 bits per heavy atom. The van der Waals surface area contributed by atoms with E-state index in [1.54, 1.807) is 17.0 Å². The van der Waals surface area contributed by atoms with Gasteiger partial charge in [-0.25, -0.2) is 4.68 Å². The number of rotatable bonds is 8. The van der Waals surface area contributed by atoms with Crippen molar-refractivity contribution in [2.45, 2.75) is 30.4 Å². The molecule has 2 heterocycles. The lowest BCUT2D eigenvalue weighted by Gasteiger charge is -2.10. The van der Waals surface area contributed by atoms with Crippen LogP contribution in [0.2, 0.25) is 0 Å². The first-order chi connectivity index (χ1) is 10.2. The van der Waals surface area contributed by atoms with Gasteiger partial charge in [-0.2, -0.15) is 0 Å². The molecule has 2 N–H and O–H groups in total. The first-order valence-corrected chi connectivity index (χ1v) is 7.46. The van der Waals surface area contributed by atoms with E-state index in [4.69, 9.17) is 4.42 Å². The number of aromatic nitrogens is 4. The minimum absolute atomic E-state index is 0.0837. The molecule has 0 bridgehead atoms. The van der Waals surface area contributed by atoms with Crippen molar-refractivity contribution in [3.8, 4) is 0 Å². The highest BCUT2D eigenvalue weighted by Crippen LogP contribution is 2.20. The first kappa shape index (κ1) is 15.5. The summed E-state index contributed by atoms with van der Waals surface area (Å²) in [5.74, 6) is 0.638. The first-order valence-electron chi connectivity index (χ1n) is 6.58. The van der Waals surface area contributed by atoms with Crippen molar-refractivity contribution in [3.05, 3.63) is 24.2 Å². The molecule has 0 radical (unpaired) electrons. The summed E-state index contributed by atoms with van der Waals surface area (Å²) >= 11 is 1.33. The summed E-state index contributed by atoms with van der Waals surface area (Å²) in [7, 11) is 1.86. The van der Waals surface area contributed by atoms with Crippen LogP contribution in [0.4, 0.5) is 0 Å². The number of furan rings is 1. The van der Waals surface area contributed by atoms with Gasteiger partial charge in [0.05, 0.1) is 24.6 Å². The van der Waals surface area contributed by atoms with Crippen molar-refractivity contribution >= 4 is 17.7 Å². The average Bonchev–Trinajstić information content (AvgIpc) is 3.14. The van der Waals surface area contributed by atoms with E-state index in [-0.39, 0.29) is 11.2 Å². The SMILES string of the molecule is CNCCn1nnnc1SC(C)C(=O)NCc1ccco1. The summed E-state index contributed by atoms with van der Waals surface area (Å²) in [4.78, 5) is 12.0. The number of likely N-dealkylation sites (N-methyl/N-ethyl adjacent to an activating group) is 1. The Morgan fingerprint density at radius 3 is 3.14 bits per heavy atom. The predicted molar refractivity (Wildman–Crippen MR) is 77.6 cm³/mol. The Bertz CT molecular complexity index is 556. The maximum Gasteiger partial charge on any atom is 0.233 e. The Morgan fingerprint density at radius 2 is 2.43 bits per heavy atom. The Hall–Kier alpha value is -1.87. The molecule has 0 saturated carbocycles. The lowest BCUT2D eigenvalue weighted by atomic mass is 10.4. The van der Waals surface area contributed by atoms with Gasteiger partial charge in [0.2, 0.25) is 11.1 Å². The predicted octanol–water partition coefficient (Wildman–Crippen LogP) is 0.282. The maximum absolute atomic E-state index is 12.0. The van der Waals surface area contributed by atoms with Crippen molar-refractivity contribution < 1.29 is 9.21 Å². The molecular formula is C12H18N6O2S. The van der Waals surface area contributed by atoms with Gasteiger partial charge in [0.15, 0.2) is 0 Å². The third kappa shape index (κ3) is 4.57. The smallest absolute Gasteiger partial charge is 0.233 e. The van der Waals surface area contributed by atoms with Crippen LogP contribution in [-0.4, -0.2) is 45.0 Å². The number of nitrogens with one attached hydrogen (secondary N) is 2. The molecule has 0 saturated heterocycles. The molecule has 0 aliphatic rings. The van der Waals surface area contributed by atoms with Gasteiger partial charge in [-0.1, -0.05) is 11.8 Å². The minimum atomic E-state index is -0.292. The molecule has 8 nitrogen and oxygen atoms in total. The zero-order valence-electron chi connectivity index (χ0n) is 11.9. The van der Waals surface area contributed by atoms with Crippen LogP contribution in [0.3, 0.4) is 0 Å². The molecule has 2 rings (SSSR count). The highest BCUT2D eigenvalue weighted by molar-refractivity contribution is 8.00. The summed E-state index contributed by atoms with van der Waals surface area (Å²) < 4.78 is 6.85. The van der Waals surface area contributed by atoms with Gasteiger partial charge in [-0.05, 0) is 36.5 Å². The lowest BCUT2D eigenvalue weighted by Crippen LogP contribution is -2.30. The molecule has 114 valence electrons. The minimum Gasteiger partial charge on any atom is -0.467 e. The number of thioether (sulfide) groups is 1. The second-order valence-corrected chi connectivity index (χ2v) is 5.65. The van der Waals surface area contributed by atoms with Crippen LogP contribution >= 0.6 is 11.8 Å². The van der Waals surface area contributed by atoms with Crippen LogP contribution in [0, 0.1) is 0 Å². The van der Waals surface area contributed by atoms with Crippen molar-refractivity contribution in [3.63, 3.8) is 0 Å². The fourth-order valence-electron chi connectivity index (χ4n) is 1.58. The van der Waals surface area contributed by atoms with Gasteiger partial charge in [-0.15, -0.1) is 5.10 Å². The van der Waals surface area contributed by atoms with Gasteiger partial charge in [0.1, 0.15) is 5.76 Å². The summed E-state index contributed by atoms with van der Waals surface area (Å²) in [5, 5.41) is 17.7. The molecule has 9 heteroatoms. The third-order valence-electron chi connectivity index (χ3n) is 2.74. The van der Waals surface area contributed by atoms with Gasteiger partial charge >= 0.3 is 0 Å². The number of carbonyl (C=O) groups is 1. The van der Waals surface area contributed by atoms with Crippen LogP contribution < -0.4 is 10.6 Å². The third-order valence-corrected chi connectivity index (χ3v) is 3.81. The summed E-state index contributed by atoms with van der Waals surface area (Å²) in [6.45, 7) is 3.62. The van der Waals surface area contributed by atoms with E-state index in [1.807, 2.05) is 20.0 Å². The number of hydrogen-bond donors (Lipinski definition) is 2. The molecular weight excluding hydrogens is 292 g/mol. The second kappa shape index (κ2) is 7.79. The highest BCUT2D eigenvalue weighted by Gasteiger charge is 2.18. The van der Waals surface area contributed by atoms with E-state index < -0.39 is 0 Å². The Labute approximate surface area is 126 Å². The molecule has 1 atom stereocenters. The molecule has 0 aromatic carbocycles. The molecule has 0 fully saturated rings. The summed E-state index contributed by atoms with van der Waals surface area (Å²) in [6, 6.07) is 3.60. The van der Waals surface area contributed by atoms with E-state index in [9.17, 15) is 4.79 Å². The highest BCUT2D eigenvalue weighted by atomic mass is 32.2. The summed E-state index contributed by atoms with van der Waals surface area (Å²) in [6.07, 6.45) is 1.58. The van der Waals surface area contributed by atoms with Crippen LogP contribution in [0.5, 0.6) is 0 Å². The molecule has 2 aromatic heterocycles. The molecule has 1 unspecified atom stereocenters. The molecule has 2 aromatic rings. The number of carbonyl (C=O) groups excluding carboxylic acids is 1. The lowest BCUT2D eigenvalue weighted by molar-refractivity contribution is -0.120. The summed E-state index contributed by atoms with van der Waals surface area (Å²) in [5.41, 5.74) is 0. The zero-order chi connectivity index (χ0) is 15.1. The van der Waals surface area contributed by atoms with Crippen LogP contribution in [0.25, 0.3) is 0 Å². The monoisotopic (exact) mass is 310 g/mol. The largest absolute Gasteiger partial charge is 0.467 e. The van der Waals surface area contributed by atoms with Crippen LogP contribution in [0.1, 0.15) is 12.7 Å². The zero-order valence-corrected chi connectivity index (χ0v) is 12.8. The molecule has 0 aliphatic carbocycles. The maximum atomic E-state index is 12.0. The number of nitrogens with zero attached hydrogens (tertiary/aromatic N) is 4. The Balaban J connectivity index is 1.84. The standard InChI is InChI=1S/C12H18N6O2S/c1-9(11(19)14-8-10-4-3-7-20-10)21-12-15-16-17-18(12)6-5-13-2/h3-4,7,9,13H,5-6,8H2,1-2H3,(H,14,19). The van der Waals surface area contributed by atoms with E-state index >= 15 is 0 Å². The van der Waals surface area contributed by atoms with Crippen molar-refractivity contribution in [1.29, 1.82) is 0 Å². The fourth-order valence-corrected chi connectivity index (χ4v) is 2.42. The fraction of sp³-hybridized carbons (Fsp3) is 0.500. The van der Waals surface area contributed by atoms with E-state index in [0.29, 0.717) is 18.2 Å². The molecule has 0 spiro atoms. The van der Waals surface area contributed by atoms with Gasteiger partial charge in [0, 0.05) is 6.54 Å². The second-order valence-electron chi connectivity index (χ2n) is 4.35. The number of amides is 1. The Kier molecular flexibility index (Phi) is 5.76. The van der Waals surface area contributed by atoms with Gasteiger partial charge < -0.3 is 15.1 Å². The van der Waals surface area contributed by atoms with Crippen LogP contribution in [-0.2, 0) is 17.9 Å². The van der Waals surface area contributed by atoms with E-state index in [0.717, 1.165) is 12.3 Å². The van der Waals surface area contributed by atoms with Crippen molar-refractivity contribution in [2.24, 2.45) is 0 Å².